The van der Waals surface area contributed by atoms with Crippen LogP contribution in [-0.4, -0.2) is 12.1 Å². The van der Waals surface area contributed by atoms with Crippen molar-refractivity contribution in [3.05, 3.63) is 24.4 Å². The summed E-state index contributed by atoms with van der Waals surface area (Å²) in [4.78, 5) is 4.04. The van der Waals surface area contributed by atoms with Crippen LogP contribution in [0, 0.1) is 0 Å². The maximum absolute atomic E-state index is 5.57. The minimum Gasteiger partial charge on any atom is -0.481 e. The lowest BCUT2D eigenvalue weighted by Gasteiger charge is -2.01. The van der Waals surface area contributed by atoms with E-state index < -0.39 is 0 Å². The summed E-state index contributed by atoms with van der Waals surface area (Å²) < 4.78 is 4.90. The Labute approximate surface area is 65.5 Å². The molecule has 0 aliphatic rings. The van der Waals surface area contributed by atoms with Crippen LogP contribution in [0.25, 0.3) is 6.08 Å². The zero-order valence-electron chi connectivity index (χ0n) is 6.37. The molecule has 1 heterocycles. The highest BCUT2D eigenvalue weighted by molar-refractivity contribution is 5.59. The molecule has 0 fully saturated rings. The second kappa shape index (κ2) is 3.05. The molecular weight excluding hydrogens is 140 g/mol. The maximum atomic E-state index is 5.57. The van der Waals surface area contributed by atoms with Crippen LogP contribution in [-0.2, 0) is 0 Å². The second-order valence-electron chi connectivity index (χ2n) is 2.03. The van der Waals surface area contributed by atoms with E-state index in [0.717, 1.165) is 0 Å². The molecule has 0 radical (unpaired) electrons. The van der Waals surface area contributed by atoms with Gasteiger partial charge in [-0.25, -0.2) is 4.98 Å². The summed E-state index contributed by atoms with van der Waals surface area (Å²) in [5, 5.41) is 0. The van der Waals surface area contributed by atoms with E-state index in [-0.39, 0.29) is 0 Å². The van der Waals surface area contributed by atoms with Crippen molar-refractivity contribution in [1.82, 2.24) is 4.98 Å². The molecule has 0 spiro atoms. The monoisotopic (exact) mass is 150 g/mol. The molecule has 0 aliphatic heterocycles. The molecule has 11 heavy (non-hydrogen) atoms. The molecule has 0 bridgehead atoms. The zero-order valence-corrected chi connectivity index (χ0v) is 6.37. The molecule has 3 heteroatoms. The van der Waals surface area contributed by atoms with Gasteiger partial charge in [0.1, 0.15) is 0 Å². The largest absolute Gasteiger partial charge is 0.481 e. The highest BCUT2D eigenvalue weighted by atomic mass is 16.5. The Morgan fingerprint density at radius 2 is 2.36 bits per heavy atom. The van der Waals surface area contributed by atoms with Crippen LogP contribution in [0.1, 0.15) is 5.69 Å². The van der Waals surface area contributed by atoms with Gasteiger partial charge in [0.05, 0.1) is 18.5 Å². The Kier molecular flexibility index (Phi) is 2.11. The molecule has 0 amide bonds. The van der Waals surface area contributed by atoms with Gasteiger partial charge in [-0.2, -0.15) is 0 Å². The molecule has 0 atom stereocenters. The predicted octanol–water partition coefficient (Wildman–Crippen LogP) is 1.32. The number of nitrogens with two attached hydrogens (primary N) is 1. The fraction of sp³-hybridized carbons (Fsp3) is 0.125. The van der Waals surface area contributed by atoms with Gasteiger partial charge in [-0.1, -0.05) is 6.58 Å². The van der Waals surface area contributed by atoms with Gasteiger partial charge in [-0.3, -0.25) is 0 Å². The minimum atomic E-state index is 0.550. The molecule has 0 unspecified atom stereocenters. The molecule has 1 rings (SSSR count). The lowest BCUT2D eigenvalue weighted by molar-refractivity contribution is 0.398. The summed E-state index contributed by atoms with van der Waals surface area (Å²) in [6.07, 6.45) is 1.60. The lowest BCUT2D eigenvalue weighted by Crippen LogP contribution is -1.94. The zero-order chi connectivity index (χ0) is 8.27. The summed E-state index contributed by atoms with van der Waals surface area (Å²) in [5.74, 6) is 0.550. The normalized spacial score (nSPS) is 9.18. The van der Waals surface area contributed by atoms with Gasteiger partial charge in [0, 0.05) is 6.07 Å². The van der Waals surface area contributed by atoms with Crippen molar-refractivity contribution < 1.29 is 4.74 Å². The van der Waals surface area contributed by atoms with E-state index in [0.29, 0.717) is 17.3 Å². The summed E-state index contributed by atoms with van der Waals surface area (Å²) in [6, 6.07) is 3.45. The number of pyridine rings is 1. The Bertz CT molecular complexity index is 271. The highest BCUT2D eigenvalue weighted by Gasteiger charge is 1.97. The Hall–Kier alpha value is -1.51. The van der Waals surface area contributed by atoms with Crippen molar-refractivity contribution in [3.8, 4) is 5.88 Å². The molecule has 1 aromatic heterocycles. The van der Waals surface area contributed by atoms with Crippen LogP contribution in [0.3, 0.4) is 0 Å². The molecule has 0 aromatic carbocycles. The molecule has 3 nitrogen and oxygen atoms in total. The molecule has 2 N–H and O–H groups in total. The van der Waals surface area contributed by atoms with Crippen molar-refractivity contribution in [2.45, 2.75) is 0 Å². The topological polar surface area (TPSA) is 48.1 Å². The van der Waals surface area contributed by atoms with E-state index in [2.05, 4.69) is 11.6 Å². The summed E-state index contributed by atoms with van der Waals surface area (Å²) in [7, 11) is 1.56. The first-order valence-electron chi connectivity index (χ1n) is 3.21. The standard InChI is InChI=1S/C8H10N2O/c1-3-7-6(9)4-5-8(10-7)11-2/h3-5H,1,9H2,2H3. The molecule has 1 aromatic rings. The van der Waals surface area contributed by atoms with E-state index in [9.17, 15) is 0 Å². The van der Waals surface area contributed by atoms with Gasteiger partial charge in [-0.15, -0.1) is 0 Å². The highest BCUT2D eigenvalue weighted by Crippen LogP contribution is 2.14. The van der Waals surface area contributed by atoms with Gasteiger partial charge >= 0.3 is 0 Å². The number of hydrogen-bond donors (Lipinski definition) is 1. The number of aromatic nitrogens is 1. The average Bonchev–Trinajstić information content (AvgIpc) is 2.05. The predicted molar refractivity (Wildman–Crippen MR) is 45.3 cm³/mol. The molecular formula is C8H10N2O. The maximum Gasteiger partial charge on any atom is 0.213 e. The van der Waals surface area contributed by atoms with Gasteiger partial charge in [0.25, 0.3) is 0 Å². The van der Waals surface area contributed by atoms with E-state index in [1.165, 1.54) is 0 Å². The SMILES string of the molecule is C=Cc1nc(OC)ccc1N. The van der Waals surface area contributed by atoms with Crippen molar-refractivity contribution >= 4 is 11.8 Å². The van der Waals surface area contributed by atoms with E-state index in [1.54, 1.807) is 25.3 Å². The number of nitrogen functional groups attached to an aromatic ring is 1. The van der Waals surface area contributed by atoms with Crippen molar-refractivity contribution in [2.75, 3.05) is 12.8 Å². The minimum absolute atomic E-state index is 0.550. The third-order valence-corrected chi connectivity index (χ3v) is 1.33. The van der Waals surface area contributed by atoms with Crippen LogP contribution >= 0.6 is 0 Å². The number of methoxy groups -OCH3 is 1. The fourth-order valence-corrected chi connectivity index (χ4v) is 0.744. The van der Waals surface area contributed by atoms with Crippen molar-refractivity contribution in [3.63, 3.8) is 0 Å². The number of nitrogens with zero attached hydrogens (tertiary/aromatic N) is 1. The van der Waals surface area contributed by atoms with Crippen LogP contribution in [0.2, 0.25) is 0 Å². The Morgan fingerprint density at radius 3 is 2.91 bits per heavy atom. The third-order valence-electron chi connectivity index (χ3n) is 1.33. The van der Waals surface area contributed by atoms with Crippen LogP contribution in [0.4, 0.5) is 5.69 Å². The van der Waals surface area contributed by atoms with Crippen LogP contribution in [0.5, 0.6) is 5.88 Å². The first-order chi connectivity index (χ1) is 5.27. The van der Waals surface area contributed by atoms with Gasteiger partial charge in [-0.05, 0) is 12.1 Å². The number of rotatable bonds is 2. The molecule has 58 valence electrons. The smallest absolute Gasteiger partial charge is 0.213 e. The summed E-state index contributed by atoms with van der Waals surface area (Å²) in [5.41, 5.74) is 6.83. The number of hydrogen-bond acceptors (Lipinski definition) is 3. The molecule has 0 saturated heterocycles. The van der Waals surface area contributed by atoms with Crippen LogP contribution < -0.4 is 10.5 Å². The number of anilines is 1. The van der Waals surface area contributed by atoms with Crippen LogP contribution in [0.15, 0.2) is 18.7 Å². The van der Waals surface area contributed by atoms with Gasteiger partial charge in [0.15, 0.2) is 0 Å². The summed E-state index contributed by atoms with van der Waals surface area (Å²) in [6.45, 7) is 3.57. The van der Waals surface area contributed by atoms with Crippen molar-refractivity contribution in [2.24, 2.45) is 0 Å². The number of ether oxygens (including phenoxy) is 1. The van der Waals surface area contributed by atoms with Crippen molar-refractivity contribution in [1.29, 1.82) is 0 Å². The second-order valence-corrected chi connectivity index (χ2v) is 2.03. The van der Waals surface area contributed by atoms with Gasteiger partial charge < -0.3 is 10.5 Å². The van der Waals surface area contributed by atoms with E-state index >= 15 is 0 Å². The molecule has 0 aliphatic carbocycles. The van der Waals surface area contributed by atoms with E-state index in [1.807, 2.05) is 0 Å². The average molecular weight is 150 g/mol. The lowest BCUT2D eigenvalue weighted by atomic mass is 10.3. The third kappa shape index (κ3) is 1.49. The van der Waals surface area contributed by atoms with Gasteiger partial charge in [0.2, 0.25) is 5.88 Å². The first kappa shape index (κ1) is 7.60. The molecule has 0 saturated carbocycles. The fourth-order valence-electron chi connectivity index (χ4n) is 0.744. The Morgan fingerprint density at radius 1 is 1.64 bits per heavy atom. The summed E-state index contributed by atoms with van der Waals surface area (Å²) >= 11 is 0. The first-order valence-corrected chi connectivity index (χ1v) is 3.21. The quantitative estimate of drug-likeness (QED) is 0.691. The Balaban J connectivity index is 3.12. The van der Waals surface area contributed by atoms with E-state index in [4.69, 9.17) is 10.5 Å².